The van der Waals surface area contributed by atoms with E-state index in [1.165, 1.54) is 0 Å². The van der Waals surface area contributed by atoms with E-state index in [1.807, 2.05) is 0 Å². The fourth-order valence-corrected chi connectivity index (χ4v) is 1.90. The number of likely N-dealkylation sites (tertiary alicyclic amines) is 1. The Labute approximate surface area is 69.2 Å². The topological polar surface area (TPSA) is 23.5 Å². The third-order valence-electron chi connectivity index (χ3n) is 2.36. The predicted octanol–water partition coefficient (Wildman–Crippen LogP) is 0.955. The molecule has 2 nitrogen and oxygen atoms in total. The Kier molecular flexibility index (Phi) is 2.90. The van der Waals surface area contributed by atoms with Crippen LogP contribution in [0.15, 0.2) is 0 Å². The first-order valence-corrected chi connectivity index (χ1v) is 4.46. The Morgan fingerprint density at radius 3 is 2.45 bits per heavy atom. The molecule has 0 aromatic carbocycles. The maximum Gasteiger partial charge on any atom is 0.0707 e. The van der Waals surface area contributed by atoms with E-state index in [4.69, 9.17) is 0 Å². The first-order chi connectivity index (χ1) is 5.09. The number of rotatable bonds is 2. The monoisotopic (exact) mass is 157 g/mol. The van der Waals surface area contributed by atoms with Crippen molar-refractivity contribution in [2.75, 3.05) is 20.1 Å². The molecule has 0 spiro atoms. The molecule has 0 amide bonds. The highest BCUT2D eigenvalue weighted by Gasteiger charge is 2.28. The van der Waals surface area contributed by atoms with Gasteiger partial charge in [0.05, 0.1) is 6.10 Å². The van der Waals surface area contributed by atoms with Crippen molar-refractivity contribution < 1.29 is 5.11 Å². The van der Waals surface area contributed by atoms with Crippen molar-refractivity contribution in [3.63, 3.8) is 0 Å². The zero-order valence-electron chi connectivity index (χ0n) is 7.75. The summed E-state index contributed by atoms with van der Waals surface area (Å²) in [4.78, 5) is 2.21. The smallest absolute Gasteiger partial charge is 0.0707 e. The van der Waals surface area contributed by atoms with Crippen LogP contribution in [-0.4, -0.2) is 36.2 Å². The van der Waals surface area contributed by atoms with Crippen LogP contribution in [0, 0.1) is 11.8 Å². The summed E-state index contributed by atoms with van der Waals surface area (Å²) in [6.45, 7) is 6.35. The molecule has 1 heterocycles. The lowest BCUT2D eigenvalue weighted by molar-refractivity contribution is 0.132. The first-order valence-electron chi connectivity index (χ1n) is 4.46. The van der Waals surface area contributed by atoms with Gasteiger partial charge in [0.1, 0.15) is 0 Å². The van der Waals surface area contributed by atoms with Gasteiger partial charge in [0.2, 0.25) is 0 Å². The van der Waals surface area contributed by atoms with E-state index in [0.717, 1.165) is 19.5 Å². The third kappa shape index (κ3) is 2.46. The highest BCUT2D eigenvalue weighted by atomic mass is 16.3. The molecule has 1 saturated heterocycles. The summed E-state index contributed by atoms with van der Waals surface area (Å²) in [5.41, 5.74) is 0. The maximum absolute atomic E-state index is 9.57. The van der Waals surface area contributed by atoms with E-state index < -0.39 is 0 Å². The Hall–Kier alpha value is -0.0800. The lowest BCUT2D eigenvalue weighted by Crippen LogP contribution is -2.19. The molecule has 2 heteroatoms. The summed E-state index contributed by atoms with van der Waals surface area (Å²) in [6, 6.07) is 0. The van der Waals surface area contributed by atoms with Crippen LogP contribution in [0.2, 0.25) is 0 Å². The zero-order valence-corrected chi connectivity index (χ0v) is 7.75. The summed E-state index contributed by atoms with van der Waals surface area (Å²) in [7, 11) is 2.07. The van der Waals surface area contributed by atoms with Gasteiger partial charge in [-0.3, -0.25) is 0 Å². The predicted molar refractivity (Wildman–Crippen MR) is 46.4 cm³/mol. The molecule has 2 atom stereocenters. The number of likely N-dealkylation sites (N-methyl/N-ethyl adjacent to an activating group) is 1. The molecule has 0 aromatic heterocycles. The van der Waals surface area contributed by atoms with Gasteiger partial charge >= 0.3 is 0 Å². The van der Waals surface area contributed by atoms with E-state index in [-0.39, 0.29) is 6.10 Å². The van der Waals surface area contributed by atoms with Crippen LogP contribution >= 0.6 is 0 Å². The molecule has 1 aliphatic rings. The number of nitrogens with zero attached hydrogens (tertiary/aromatic N) is 1. The summed E-state index contributed by atoms with van der Waals surface area (Å²) < 4.78 is 0. The SMILES string of the molecule is CC(C)CC1CN(C)CC1O. The minimum Gasteiger partial charge on any atom is -0.391 e. The number of β-amino-alcohol motifs (C(OH)–C–C–N with tert-alkyl or cyclic N) is 1. The summed E-state index contributed by atoms with van der Waals surface area (Å²) >= 11 is 0. The van der Waals surface area contributed by atoms with Crippen molar-refractivity contribution in [2.45, 2.75) is 26.4 Å². The van der Waals surface area contributed by atoms with E-state index in [1.54, 1.807) is 0 Å². The Bertz CT molecular complexity index is 125. The molecule has 0 bridgehead atoms. The minimum atomic E-state index is -0.0811. The number of aliphatic hydroxyl groups excluding tert-OH is 1. The quantitative estimate of drug-likeness (QED) is 0.645. The Morgan fingerprint density at radius 1 is 1.45 bits per heavy atom. The molecule has 66 valence electrons. The van der Waals surface area contributed by atoms with Gasteiger partial charge in [0.15, 0.2) is 0 Å². The molecule has 1 aliphatic heterocycles. The van der Waals surface area contributed by atoms with Crippen molar-refractivity contribution in [2.24, 2.45) is 11.8 Å². The van der Waals surface area contributed by atoms with Gasteiger partial charge in [-0.2, -0.15) is 0 Å². The molecule has 0 saturated carbocycles. The maximum atomic E-state index is 9.57. The molecule has 0 radical (unpaired) electrons. The molecule has 0 aliphatic carbocycles. The second kappa shape index (κ2) is 3.55. The van der Waals surface area contributed by atoms with Crippen LogP contribution in [0.25, 0.3) is 0 Å². The van der Waals surface area contributed by atoms with Crippen LogP contribution in [0.3, 0.4) is 0 Å². The van der Waals surface area contributed by atoms with E-state index in [2.05, 4.69) is 25.8 Å². The van der Waals surface area contributed by atoms with E-state index in [9.17, 15) is 5.11 Å². The number of aliphatic hydroxyl groups is 1. The lowest BCUT2D eigenvalue weighted by atomic mass is 9.95. The molecule has 11 heavy (non-hydrogen) atoms. The number of hydrogen-bond donors (Lipinski definition) is 1. The molecule has 1 rings (SSSR count). The molecule has 1 fully saturated rings. The van der Waals surface area contributed by atoms with Crippen molar-refractivity contribution in [3.8, 4) is 0 Å². The largest absolute Gasteiger partial charge is 0.391 e. The van der Waals surface area contributed by atoms with Gasteiger partial charge in [-0.15, -0.1) is 0 Å². The van der Waals surface area contributed by atoms with Gasteiger partial charge in [-0.25, -0.2) is 0 Å². The van der Waals surface area contributed by atoms with Crippen molar-refractivity contribution in [3.05, 3.63) is 0 Å². The molecular weight excluding hydrogens is 138 g/mol. The van der Waals surface area contributed by atoms with Gasteiger partial charge in [-0.05, 0) is 25.3 Å². The van der Waals surface area contributed by atoms with E-state index >= 15 is 0 Å². The van der Waals surface area contributed by atoms with Crippen LogP contribution in [0.5, 0.6) is 0 Å². The molecule has 2 unspecified atom stereocenters. The minimum absolute atomic E-state index is 0.0811. The van der Waals surface area contributed by atoms with Crippen LogP contribution in [0.4, 0.5) is 0 Å². The third-order valence-corrected chi connectivity index (χ3v) is 2.36. The van der Waals surface area contributed by atoms with Crippen LogP contribution in [-0.2, 0) is 0 Å². The van der Waals surface area contributed by atoms with Gasteiger partial charge in [0, 0.05) is 13.1 Å². The Balaban J connectivity index is 2.34. The Morgan fingerprint density at radius 2 is 2.09 bits per heavy atom. The zero-order chi connectivity index (χ0) is 8.43. The first kappa shape index (κ1) is 9.01. The van der Waals surface area contributed by atoms with Gasteiger partial charge in [-0.1, -0.05) is 13.8 Å². The highest BCUT2D eigenvalue weighted by Crippen LogP contribution is 2.22. The van der Waals surface area contributed by atoms with Crippen LogP contribution in [0.1, 0.15) is 20.3 Å². The second-order valence-corrected chi connectivity index (χ2v) is 4.18. The fourth-order valence-electron chi connectivity index (χ4n) is 1.90. The highest BCUT2D eigenvalue weighted by molar-refractivity contribution is 4.82. The van der Waals surface area contributed by atoms with Crippen molar-refractivity contribution in [1.29, 1.82) is 0 Å². The normalized spacial score (nSPS) is 33.5. The summed E-state index contributed by atoms with van der Waals surface area (Å²) in [6.07, 6.45) is 1.08. The van der Waals surface area contributed by atoms with Gasteiger partial charge in [0.25, 0.3) is 0 Å². The standard InChI is InChI=1S/C9H19NO/c1-7(2)4-8-5-10(3)6-9(8)11/h7-9,11H,4-6H2,1-3H3. The van der Waals surface area contributed by atoms with Crippen LogP contribution < -0.4 is 0 Å². The molecular formula is C9H19NO. The number of hydrogen-bond acceptors (Lipinski definition) is 2. The fraction of sp³-hybridized carbons (Fsp3) is 1.00. The van der Waals surface area contributed by atoms with Gasteiger partial charge < -0.3 is 10.0 Å². The van der Waals surface area contributed by atoms with Crippen molar-refractivity contribution in [1.82, 2.24) is 4.90 Å². The van der Waals surface area contributed by atoms with Crippen molar-refractivity contribution >= 4 is 0 Å². The molecule has 0 aromatic rings. The van der Waals surface area contributed by atoms with E-state index in [0.29, 0.717) is 11.8 Å². The average molecular weight is 157 g/mol. The summed E-state index contributed by atoms with van der Waals surface area (Å²) in [5.74, 6) is 1.22. The second-order valence-electron chi connectivity index (χ2n) is 4.18. The molecule has 1 N–H and O–H groups in total. The summed E-state index contributed by atoms with van der Waals surface area (Å²) in [5, 5.41) is 9.57. The lowest BCUT2D eigenvalue weighted by Gasteiger charge is -2.15. The average Bonchev–Trinajstić information content (AvgIpc) is 2.09.